The fourth-order valence-electron chi connectivity index (χ4n) is 4.86. The fraction of sp³-hybridized carbons (Fsp3) is 0.667. The topological polar surface area (TPSA) is 46.3 Å². The van der Waals surface area contributed by atoms with Gasteiger partial charge in [0.2, 0.25) is 5.91 Å². The van der Waals surface area contributed by atoms with Crippen molar-refractivity contribution in [1.82, 2.24) is 4.90 Å². The molecule has 24 heavy (non-hydrogen) atoms. The van der Waals surface area contributed by atoms with Crippen LogP contribution in [-0.4, -0.2) is 29.9 Å². The van der Waals surface area contributed by atoms with Crippen molar-refractivity contribution in [3.8, 4) is 0 Å². The number of primary amides is 1. The molecule has 2 unspecified atom stereocenters. The molecular weight excluding hydrogens is 296 g/mol. The quantitative estimate of drug-likeness (QED) is 0.761. The number of hydrogen-bond donors (Lipinski definition) is 1. The molecule has 0 spiro atoms. The van der Waals surface area contributed by atoms with E-state index in [1.807, 2.05) is 12.1 Å². The molecule has 1 saturated carbocycles. The van der Waals surface area contributed by atoms with E-state index in [0.29, 0.717) is 5.56 Å². The third-order valence-electron chi connectivity index (χ3n) is 6.27. The second-order valence-electron chi connectivity index (χ2n) is 7.82. The molecule has 2 N–H and O–H groups in total. The summed E-state index contributed by atoms with van der Waals surface area (Å²) in [5, 5.41) is 0. The van der Waals surface area contributed by atoms with Crippen molar-refractivity contribution in [3.05, 3.63) is 35.4 Å². The average Bonchev–Trinajstić information content (AvgIpc) is 2.61. The summed E-state index contributed by atoms with van der Waals surface area (Å²) in [6, 6.07) is 8.84. The van der Waals surface area contributed by atoms with Gasteiger partial charge in [-0.2, -0.15) is 0 Å². The van der Waals surface area contributed by atoms with Gasteiger partial charge in [0.05, 0.1) is 0 Å². The first-order chi connectivity index (χ1) is 11.6. The molecule has 1 saturated heterocycles. The number of amides is 1. The van der Waals surface area contributed by atoms with E-state index in [4.69, 9.17) is 5.73 Å². The summed E-state index contributed by atoms with van der Waals surface area (Å²) in [6.07, 6.45) is 11.8. The molecule has 3 rings (SSSR count). The molecule has 1 amide bonds. The number of benzene rings is 1. The maximum Gasteiger partial charge on any atom is 0.248 e. The van der Waals surface area contributed by atoms with Gasteiger partial charge in [-0.3, -0.25) is 4.79 Å². The van der Waals surface area contributed by atoms with E-state index >= 15 is 0 Å². The maximum absolute atomic E-state index is 11.5. The molecule has 2 bridgehead atoms. The molecule has 1 heterocycles. The lowest BCUT2D eigenvalue weighted by atomic mass is 9.63. The second-order valence-corrected chi connectivity index (χ2v) is 7.82. The number of nitrogens with two attached hydrogens (primary N) is 1. The van der Waals surface area contributed by atoms with Gasteiger partial charge in [0.15, 0.2) is 0 Å². The predicted molar refractivity (Wildman–Crippen MR) is 99.2 cm³/mol. The summed E-state index contributed by atoms with van der Waals surface area (Å²) in [4.78, 5) is 14.3. The Hall–Kier alpha value is -1.35. The Morgan fingerprint density at radius 1 is 1.29 bits per heavy atom. The lowest BCUT2D eigenvalue weighted by molar-refractivity contribution is 0.0503. The molecule has 2 aliphatic rings. The van der Waals surface area contributed by atoms with Crippen molar-refractivity contribution in [1.29, 1.82) is 0 Å². The number of likely N-dealkylation sites (tertiary alicyclic amines) is 1. The lowest BCUT2D eigenvalue weighted by Gasteiger charge is -2.51. The van der Waals surface area contributed by atoms with E-state index in [-0.39, 0.29) is 11.3 Å². The smallest absolute Gasteiger partial charge is 0.248 e. The molecule has 132 valence electrons. The highest BCUT2D eigenvalue weighted by Crippen LogP contribution is 2.47. The molecule has 0 radical (unpaired) electrons. The first kappa shape index (κ1) is 17.5. The van der Waals surface area contributed by atoms with Crippen LogP contribution in [0.3, 0.4) is 0 Å². The molecule has 2 atom stereocenters. The van der Waals surface area contributed by atoms with Crippen molar-refractivity contribution in [2.75, 3.05) is 13.1 Å². The lowest BCUT2D eigenvalue weighted by Crippen LogP contribution is -2.51. The van der Waals surface area contributed by atoms with Gasteiger partial charge < -0.3 is 10.6 Å². The van der Waals surface area contributed by atoms with Gasteiger partial charge in [-0.05, 0) is 68.3 Å². The summed E-state index contributed by atoms with van der Waals surface area (Å²) in [7, 11) is 0. The van der Waals surface area contributed by atoms with Crippen LogP contribution in [0.25, 0.3) is 0 Å². The zero-order valence-electron chi connectivity index (χ0n) is 15.1. The van der Waals surface area contributed by atoms with E-state index < -0.39 is 0 Å². The minimum Gasteiger partial charge on any atom is -0.366 e. The Labute approximate surface area is 146 Å². The van der Waals surface area contributed by atoms with E-state index in [1.54, 1.807) is 0 Å². The number of hydrogen-bond acceptors (Lipinski definition) is 2. The minimum atomic E-state index is -0.311. The largest absolute Gasteiger partial charge is 0.366 e. The van der Waals surface area contributed by atoms with Gasteiger partial charge >= 0.3 is 0 Å². The number of fused-ring (bicyclic) bond motifs is 2. The highest BCUT2D eigenvalue weighted by molar-refractivity contribution is 5.92. The van der Waals surface area contributed by atoms with Crippen LogP contribution >= 0.6 is 0 Å². The van der Waals surface area contributed by atoms with Crippen molar-refractivity contribution in [2.45, 2.75) is 76.2 Å². The van der Waals surface area contributed by atoms with Crippen LogP contribution in [0.4, 0.5) is 0 Å². The third-order valence-corrected chi connectivity index (χ3v) is 6.27. The van der Waals surface area contributed by atoms with Gasteiger partial charge in [-0.15, -0.1) is 0 Å². The predicted octanol–water partition coefficient (Wildman–Crippen LogP) is 4.25. The molecule has 3 nitrogen and oxygen atoms in total. The Balaban J connectivity index is 1.70. The van der Waals surface area contributed by atoms with Crippen molar-refractivity contribution < 1.29 is 4.79 Å². The zero-order valence-corrected chi connectivity index (χ0v) is 15.1. The van der Waals surface area contributed by atoms with Crippen LogP contribution in [0.5, 0.6) is 0 Å². The average molecular weight is 329 g/mol. The number of nitrogens with zero attached hydrogens (tertiary/aromatic N) is 1. The molecule has 3 heteroatoms. The minimum absolute atomic E-state index is 0.272. The summed E-state index contributed by atoms with van der Waals surface area (Å²) in [6.45, 7) is 4.75. The molecule has 0 aromatic heterocycles. The molecule has 1 aromatic rings. The van der Waals surface area contributed by atoms with E-state index in [2.05, 4.69) is 24.0 Å². The van der Waals surface area contributed by atoms with Gasteiger partial charge in [0.25, 0.3) is 0 Å². The summed E-state index contributed by atoms with van der Waals surface area (Å²) >= 11 is 0. The van der Waals surface area contributed by atoms with Crippen molar-refractivity contribution in [2.24, 2.45) is 5.73 Å². The van der Waals surface area contributed by atoms with Crippen molar-refractivity contribution in [3.63, 3.8) is 0 Å². The fourth-order valence-corrected chi connectivity index (χ4v) is 4.86. The highest BCUT2D eigenvalue weighted by Gasteiger charge is 2.43. The molecular formula is C21H32N2O. The number of carbonyl (C=O) groups is 1. The normalized spacial score (nSPS) is 27.1. The second kappa shape index (κ2) is 7.69. The van der Waals surface area contributed by atoms with Gasteiger partial charge in [-0.1, -0.05) is 44.7 Å². The van der Waals surface area contributed by atoms with Gasteiger partial charge in [0, 0.05) is 11.6 Å². The van der Waals surface area contributed by atoms with Gasteiger partial charge in [-0.25, -0.2) is 0 Å². The highest BCUT2D eigenvalue weighted by atomic mass is 16.1. The van der Waals surface area contributed by atoms with Crippen LogP contribution in [0, 0.1) is 0 Å². The Bertz CT molecular complexity index is 571. The SMILES string of the molecule is CCCCCCN1CCC2(c3cccc(C(N)=O)c3)CCCC1C2. The first-order valence-electron chi connectivity index (χ1n) is 9.79. The monoisotopic (exact) mass is 328 g/mol. The van der Waals surface area contributed by atoms with E-state index in [9.17, 15) is 4.79 Å². The van der Waals surface area contributed by atoms with E-state index in [0.717, 1.165) is 6.04 Å². The van der Waals surface area contributed by atoms with Crippen LogP contribution in [0.2, 0.25) is 0 Å². The summed E-state index contributed by atoms with van der Waals surface area (Å²) in [5.74, 6) is -0.311. The molecule has 2 fully saturated rings. The van der Waals surface area contributed by atoms with E-state index in [1.165, 1.54) is 76.4 Å². The summed E-state index contributed by atoms with van der Waals surface area (Å²) < 4.78 is 0. The van der Waals surface area contributed by atoms with Gasteiger partial charge in [0.1, 0.15) is 0 Å². The number of piperidine rings is 1. The Morgan fingerprint density at radius 3 is 2.96 bits per heavy atom. The number of rotatable bonds is 7. The molecule has 1 aromatic carbocycles. The molecule has 1 aliphatic carbocycles. The Morgan fingerprint density at radius 2 is 2.17 bits per heavy atom. The standard InChI is InChI=1S/C21H32N2O/c1-2-3-4-5-13-23-14-12-21(11-7-10-19(23)16-21)18-9-6-8-17(15-18)20(22)24/h6,8-9,15,19H,2-5,7,10-14,16H2,1H3,(H2,22,24). The van der Waals surface area contributed by atoms with Crippen molar-refractivity contribution >= 4 is 5.91 Å². The number of unbranched alkanes of at least 4 members (excludes halogenated alkanes) is 3. The van der Waals surface area contributed by atoms with Crippen LogP contribution < -0.4 is 5.73 Å². The molecule has 1 aliphatic heterocycles. The Kier molecular flexibility index (Phi) is 5.60. The van der Waals surface area contributed by atoms with Crippen LogP contribution in [-0.2, 0) is 5.41 Å². The summed E-state index contributed by atoms with van der Waals surface area (Å²) in [5.41, 5.74) is 7.76. The number of carbonyl (C=O) groups excluding carboxylic acids is 1. The van der Waals surface area contributed by atoms with Crippen LogP contribution in [0.15, 0.2) is 24.3 Å². The first-order valence-corrected chi connectivity index (χ1v) is 9.79. The third kappa shape index (κ3) is 3.66. The maximum atomic E-state index is 11.5. The van der Waals surface area contributed by atoms with Crippen LogP contribution in [0.1, 0.15) is 80.6 Å². The zero-order chi connectivity index (χ0) is 17.0.